The highest BCUT2D eigenvalue weighted by Crippen LogP contribution is 2.23. The molecule has 0 aliphatic carbocycles. The first-order valence-electron chi connectivity index (χ1n) is 6.86. The van der Waals surface area contributed by atoms with Crippen LogP contribution in [-0.4, -0.2) is 9.66 Å². The van der Waals surface area contributed by atoms with Crippen molar-refractivity contribution in [1.29, 1.82) is 0 Å². The van der Waals surface area contributed by atoms with Crippen LogP contribution >= 0.6 is 12.2 Å². The molecule has 0 saturated carbocycles. The Morgan fingerprint density at radius 3 is 2.29 bits per heavy atom. The van der Waals surface area contributed by atoms with E-state index in [1.54, 1.807) is 0 Å². The maximum Gasteiger partial charge on any atom is 0.197 e. The van der Waals surface area contributed by atoms with Gasteiger partial charge in [0.15, 0.2) is 4.77 Å². The number of benzene rings is 2. The molecule has 0 unspecified atom stereocenters. The lowest BCUT2D eigenvalue weighted by molar-refractivity contribution is 0.942. The number of anilines is 1. The van der Waals surface area contributed by atoms with Gasteiger partial charge in [0.1, 0.15) is 0 Å². The number of H-pyrrole nitrogens is 1. The van der Waals surface area contributed by atoms with Crippen molar-refractivity contribution in [3.63, 3.8) is 0 Å². The van der Waals surface area contributed by atoms with Crippen LogP contribution in [0.5, 0.6) is 0 Å². The number of nitrogens with zero attached hydrogens (tertiary/aromatic N) is 1. The van der Waals surface area contributed by atoms with Gasteiger partial charge in [0.05, 0.1) is 11.4 Å². The number of hydrogen-bond acceptors (Lipinski definition) is 2. The number of aromatic nitrogens is 2. The molecule has 0 radical (unpaired) electrons. The molecule has 0 aliphatic rings. The molecule has 0 saturated heterocycles. The first kappa shape index (κ1) is 13.6. The van der Waals surface area contributed by atoms with Gasteiger partial charge in [-0.2, -0.15) is 0 Å². The van der Waals surface area contributed by atoms with Gasteiger partial charge in [-0.25, -0.2) is 4.68 Å². The van der Waals surface area contributed by atoms with Crippen LogP contribution in [-0.2, 0) is 0 Å². The predicted molar refractivity (Wildman–Crippen MR) is 90.0 cm³/mol. The monoisotopic (exact) mass is 295 g/mol. The summed E-state index contributed by atoms with van der Waals surface area (Å²) in [7, 11) is 0. The Labute approximate surface area is 129 Å². The molecule has 3 nitrogen and oxygen atoms in total. The summed E-state index contributed by atoms with van der Waals surface area (Å²) >= 11 is 5.43. The first-order chi connectivity index (χ1) is 10.1. The SMILES string of the molecule is Cc1ccc(Nn2c(-c3ccccc3)c(C)[nH]c2=S)cc1. The molecule has 1 aromatic heterocycles. The quantitative estimate of drug-likeness (QED) is 0.686. The second-order valence-electron chi connectivity index (χ2n) is 5.08. The maximum absolute atomic E-state index is 5.43. The molecule has 0 bridgehead atoms. The van der Waals surface area contributed by atoms with E-state index < -0.39 is 0 Å². The van der Waals surface area contributed by atoms with Gasteiger partial charge in [0, 0.05) is 11.3 Å². The van der Waals surface area contributed by atoms with Gasteiger partial charge in [-0.05, 0) is 38.2 Å². The Morgan fingerprint density at radius 2 is 1.62 bits per heavy atom. The van der Waals surface area contributed by atoms with E-state index in [1.165, 1.54) is 5.56 Å². The molecule has 21 heavy (non-hydrogen) atoms. The largest absolute Gasteiger partial charge is 0.333 e. The highest BCUT2D eigenvalue weighted by atomic mass is 32.1. The Kier molecular flexibility index (Phi) is 3.62. The zero-order chi connectivity index (χ0) is 14.8. The lowest BCUT2D eigenvalue weighted by Gasteiger charge is -2.12. The van der Waals surface area contributed by atoms with E-state index in [0.717, 1.165) is 22.6 Å². The minimum absolute atomic E-state index is 0.659. The fourth-order valence-electron chi connectivity index (χ4n) is 2.35. The summed E-state index contributed by atoms with van der Waals surface area (Å²) in [4.78, 5) is 3.22. The maximum atomic E-state index is 5.43. The summed E-state index contributed by atoms with van der Waals surface area (Å²) in [6, 6.07) is 18.5. The molecule has 3 aromatic rings. The summed E-state index contributed by atoms with van der Waals surface area (Å²) in [6.07, 6.45) is 0. The fraction of sp³-hybridized carbons (Fsp3) is 0.118. The molecule has 0 amide bonds. The third-order valence-corrected chi connectivity index (χ3v) is 3.70. The number of aromatic amines is 1. The smallest absolute Gasteiger partial charge is 0.197 e. The first-order valence-corrected chi connectivity index (χ1v) is 7.27. The third-order valence-electron chi connectivity index (χ3n) is 3.42. The van der Waals surface area contributed by atoms with Crippen LogP contribution in [0.3, 0.4) is 0 Å². The van der Waals surface area contributed by atoms with Crippen LogP contribution in [0.1, 0.15) is 11.3 Å². The molecule has 0 spiro atoms. The van der Waals surface area contributed by atoms with Crippen LogP contribution in [0.4, 0.5) is 5.69 Å². The molecule has 0 atom stereocenters. The van der Waals surface area contributed by atoms with E-state index in [-0.39, 0.29) is 0 Å². The Balaban J connectivity index is 2.06. The van der Waals surface area contributed by atoms with Crippen LogP contribution in [0, 0.1) is 18.6 Å². The van der Waals surface area contributed by atoms with Crippen LogP contribution in [0.25, 0.3) is 11.3 Å². The Bertz CT molecular complexity index is 798. The van der Waals surface area contributed by atoms with E-state index in [4.69, 9.17) is 12.2 Å². The van der Waals surface area contributed by atoms with Gasteiger partial charge in [0.25, 0.3) is 0 Å². The zero-order valence-corrected chi connectivity index (χ0v) is 12.9. The van der Waals surface area contributed by atoms with Gasteiger partial charge in [-0.1, -0.05) is 48.0 Å². The highest BCUT2D eigenvalue weighted by molar-refractivity contribution is 7.71. The Morgan fingerprint density at radius 1 is 0.952 bits per heavy atom. The summed E-state index contributed by atoms with van der Waals surface area (Å²) in [5.41, 5.74) is 8.84. The second kappa shape index (κ2) is 5.58. The molecular weight excluding hydrogens is 278 g/mol. The van der Waals surface area contributed by atoms with Gasteiger partial charge < -0.3 is 4.98 Å². The van der Waals surface area contributed by atoms with Crippen molar-refractivity contribution >= 4 is 17.9 Å². The summed E-state index contributed by atoms with van der Waals surface area (Å²) < 4.78 is 2.58. The van der Waals surface area contributed by atoms with Crippen LogP contribution in [0.2, 0.25) is 0 Å². The summed E-state index contributed by atoms with van der Waals surface area (Å²) in [5.74, 6) is 0. The molecular formula is C17H17N3S. The van der Waals surface area contributed by atoms with E-state index >= 15 is 0 Å². The topological polar surface area (TPSA) is 32.8 Å². The van der Waals surface area contributed by atoms with E-state index in [0.29, 0.717) is 4.77 Å². The number of rotatable bonds is 3. The summed E-state index contributed by atoms with van der Waals surface area (Å²) in [6.45, 7) is 4.11. The lowest BCUT2D eigenvalue weighted by atomic mass is 10.1. The fourth-order valence-corrected chi connectivity index (χ4v) is 2.64. The van der Waals surface area contributed by atoms with Crippen LogP contribution < -0.4 is 5.43 Å². The normalized spacial score (nSPS) is 10.6. The van der Waals surface area contributed by atoms with Crippen molar-refractivity contribution in [2.24, 2.45) is 0 Å². The standard InChI is InChI=1S/C17H17N3S/c1-12-8-10-15(11-9-12)19-20-16(13(2)18-17(20)21)14-6-4-3-5-7-14/h3-11,19H,1-2H3,(H,18,21). The highest BCUT2D eigenvalue weighted by Gasteiger charge is 2.11. The minimum atomic E-state index is 0.659. The van der Waals surface area contributed by atoms with Crippen LogP contribution in [0.15, 0.2) is 54.6 Å². The van der Waals surface area contributed by atoms with Crippen molar-refractivity contribution in [1.82, 2.24) is 9.66 Å². The van der Waals surface area contributed by atoms with E-state index in [1.807, 2.05) is 41.9 Å². The number of imidazole rings is 1. The molecule has 4 heteroatoms. The molecule has 1 heterocycles. The van der Waals surface area contributed by atoms with Gasteiger partial charge in [-0.3, -0.25) is 5.43 Å². The molecule has 2 N–H and O–H groups in total. The van der Waals surface area contributed by atoms with Gasteiger partial charge >= 0.3 is 0 Å². The van der Waals surface area contributed by atoms with Crippen molar-refractivity contribution in [2.75, 3.05) is 5.43 Å². The third kappa shape index (κ3) is 2.76. The Hall–Kier alpha value is -2.33. The molecule has 106 valence electrons. The zero-order valence-electron chi connectivity index (χ0n) is 12.1. The molecule has 3 rings (SSSR count). The van der Waals surface area contributed by atoms with E-state index in [9.17, 15) is 0 Å². The average molecular weight is 295 g/mol. The lowest BCUT2D eigenvalue weighted by Crippen LogP contribution is -2.10. The summed E-state index contributed by atoms with van der Waals surface area (Å²) in [5, 5.41) is 0. The minimum Gasteiger partial charge on any atom is -0.333 e. The van der Waals surface area contributed by atoms with Gasteiger partial charge in [-0.15, -0.1) is 0 Å². The van der Waals surface area contributed by atoms with Crippen molar-refractivity contribution in [2.45, 2.75) is 13.8 Å². The molecule has 2 aromatic carbocycles. The number of nitrogens with one attached hydrogen (secondary N) is 2. The van der Waals surface area contributed by atoms with Crippen molar-refractivity contribution < 1.29 is 0 Å². The average Bonchev–Trinajstić information content (AvgIpc) is 2.76. The van der Waals surface area contributed by atoms with Crippen molar-refractivity contribution in [3.05, 3.63) is 70.6 Å². The molecule has 0 aliphatic heterocycles. The second-order valence-corrected chi connectivity index (χ2v) is 5.47. The number of hydrogen-bond donors (Lipinski definition) is 2. The number of aryl methyl sites for hydroxylation is 2. The molecule has 0 fully saturated rings. The van der Waals surface area contributed by atoms with Gasteiger partial charge in [0.2, 0.25) is 0 Å². The van der Waals surface area contributed by atoms with E-state index in [2.05, 4.69) is 41.6 Å². The van der Waals surface area contributed by atoms with Crippen molar-refractivity contribution in [3.8, 4) is 11.3 Å². The predicted octanol–water partition coefficient (Wildman–Crippen LogP) is 4.70.